The van der Waals surface area contributed by atoms with Gasteiger partial charge in [0.2, 0.25) is 0 Å². The summed E-state index contributed by atoms with van der Waals surface area (Å²) in [7, 11) is 0. The standard InChI is InChI=1S/C6H11N3O2S/c10-5(11)1-2-9-3-7-6(12)8-4-9/h1-4H2,(H,10,11)(H2,7,8,12). The average molecular weight is 189 g/mol. The maximum absolute atomic E-state index is 10.2. The van der Waals surface area contributed by atoms with Crippen molar-refractivity contribution in [2.45, 2.75) is 6.42 Å². The Balaban J connectivity index is 2.17. The van der Waals surface area contributed by atoms with Crippen LogP contribution in [0.3, 0.4) is 0 Å². The van der Waals surface area contributed by atoms with Crippen LogP contribution in [-0.4, -0.2) is 41.0 Å². The van der Waals surface area contributed by atoms with Crippen LogP contribution in [-0.2, 0) is 4.79 Å². The van der Waals surface area contributed by atoms with Gasteiger partial charge in [0.05, 0.1) is 19.8 Å². The largest absolute Gasteiger partial charge is 0.481 e. The van der Waals surface area contributed by atoms with Crippen molar-refractivity contribution in [3.8, 4) is 0 Å². The summed E-state index contributed by atoms with van der Waals surface area (Å²) in [5, 5.41) is 14.8. The number of carboxylic acids is 1. The van der Waals surface area contributed by atoms with Gasteiger partial charge < -0.3 is 15.7 Å². The molecular formula is C6H11N3O2S. The Morgan fingerprint density at radius 3 is 2.67 bits per heavy atom. The lowest BCUT2D eigenvalue weighted by atomic mass is 10.4. The van der Waals surface area contributed by atoms with Gasteiger partial charge in [-0.25, -0.2) is 0 Å². The molecular weight excluding hydrogens is 178 g/mol. The summed E-state index contributed by atoms with van der Waals surface area (Å²) in [6.07, 6.45) is 0.163. The first-order chi connectivity index (χ1) is 5.68. The van der Waals surface area contributed by atoms with Crippen LogP contribution < -0.4 is 10.6 Å². The second-order valence-corrected chi connectivity index (χ2v) is 2.95. The molecule has 1 aliphatic rings. The third-order valence-electron chi connectivity index (χ3n) is 1.57. The molecule has 0 aromatic carbocycles. The summed E-state index contributed by atoms with van der Waals surface area (Å²) < 4.78 is 0. The Morgan fingerprint density at radius 1 is 1.58 bits per heavy atom. The van der Waals surface area contributed by atoms with Gasteiger partial charge in [-0.1, -0.05) is 0 Å². The van der Waals surface area contributed by atoms with Crippen LogP contribution in [0.15, 0.2) is 0 Å². The number of thiocarbonyl (C=S) groups is 1. The molecule has 3 N–H and O–H groups in total. The fourth-order valence-corrected chi connectivity index (χ4v) is 1.03. The molecule has 1 heterocycles. The summed E-state index contributed by atoms with van der Waals surface area (Å²) in [5.74, 6) is -0.775. The van der Waals surface area contributed by atoms with Crippen molar-refractivity contribution >= 4 is 23.3 Å². The molecule has 12 heavy (non-hydrogen) atoms. The monoisotopic (exact) mass is 189 g/mol. The van der Waals surface area contributed by atoms with E-state index < -0.39 is 5.97 Å². The maximum atomic E-state index is 10.2. The van der Waals surface area contributed by atoms with E-state index in [0.29, 0.717) is 25.0 Å². The Kier molecular flexibility index (Phi) is 3.24. The lowest BCUT2D eigenvalue weighted by Crippen LogP contribution is -2.54. The summed E-state index contributed by atoms with van der Waals surface area (Å²) in [5.41, 5.74) is 0. The zero-order chi connectivity index (χ0) is 8.97. The highest BCUT2D eigenvalue weighted by Gasteiger charge is 2.11. The fraction of sp³-hybridized carbons (Fsp3) is 0.667. The van der Waals surface area contributed by atoms with E-state index in [9.17, 15) is 4.79 Å². The number of aliphatic carboxylic acids is 1. The van der Waals surface area contributed by atoms with Crippen LogP contribution in [0.4, 0.5) is 0 Å². The maximum Gasteiger partial charge on any atom is 0.304 e. The van der Waals surface area contributed by atoms with E-state index in [0.717, 1.165) is 0 Å². The first-order valence-corrected chi connectivity index (χ1v) is 4.05. The van der Waals surface area contributed by atoms with Crippen molar-refractivity contribution in [1.82, 2.24) is 15.5 Å². The van der Waals surface area contributed by atoms with E-state index in [-0.39, 0.29) is 6.42 Å². The van der Waals surface area contributed by atoms with Gasteiger partial charge in [-0.15, -0.1) is 0 Å². The first-order valence-electron chi connectivity index (χ1n) is 3.64. The van der Waals surface area contributed by atoms with Crippen molar-refractivity contribution in [2.75, 3.05) is 19.9 Å². The molecule has 0 spiro atoms. The van der Waals surface area contributed by atoms with E-state index in [1.54, 1.807) is 0 Å². The second kappa shape index (κ2) is 4.22. The zero-order valence-corrected chi connectivity index (χ0v) is 7.36. The molecule has 0 saturated carbocycles. The molecule has 68 valence electrons. The predicted octanol–water partition coefficient (Wildman–Crippen LogP) is -0.844. The number of nitrogens with zero attached hydrogens (tertiary/aromatic N) is 1. The smallest absolute Gasteiger partial charge is 0.304 e. The summed E-state index contributed by atoms with van der Waals surface area (Å²) >= 11 is 4.83. The van der Waals surface area contributed by atoms with Crippen molar-refractivity contribution in [3.63, 3.8) is 0 Å². The number of rotatable bonds is 3. The Labute approximate surface area is 75.7 Å². The molecule has 1 aliphatic heterocycles. The molecule has 1 fully saturated rings. The van der Waals surface area contributed by atoms with Crippen molar-refractivity contribution in [2.24, 2.45) is 0 Å². The Hall–Kier alpha value is -0.880. The van der Waals surface area contributed by atoms with Gasteiger partial charge in [0.1, 0.15) is 0 Å². The van der Waals surface area contributed by atoms with Crippen molar-refractivity contribution < 1.29 is 9.90 Å². The molecule has 0 atom stereocenters. The molecule has 0 radical (unpaired) electrons. The molecule has 6 heteroatoms. The average Bonchev–Trinajstić information content (AvgIpc) is 2.03. The molecule has 5 nitrogen and oxygen atoms in total. The van der Waals surface area contributed by atoms with Crippen molar-refractivity contribution in [1.29, 1.82) is 0 Å². The number of carboxylic acid groups (broad SMARTS) is 1. The zero-order valence-electron chi connectivity index (χ0n) is 6.54. The Bertz CT molecular complexity index is 187. The number of carbonyl (C=O) groups is 1. The van der Waals surface area contributed by atoms with E-state index in [1.807, 2.05) is 4.90 Å². The summed E-state index contributed by atoms with van der Waals surface area (Å²) in [6, 6.07) is 0. The van der Waals surface area contributed by atoms with Crippen LogP contribution in [0.1, 0.15) is 6.42 Å². The van der Waals surface area contributed by atoms with Gasteiger partial charge in [0.15, 0.2) is 5.11 Å². The normalized spacial score (nSPS) is 18.2. The Morgan fingerprint density at radius 2 is 2.17 bits per heavy atom. The third kappa shape index (κ3) is 3.02. The number of hydrogen-bond acceptors (Lipinski definition) is 3. The molecule has 1 saturated heterocycles. The van der Waals surface area contributed by atoms with E-state index in [4.69, 9.17) is 17.3 Å². The molecule has 0 aromatic rings. The highest BCUT2D eigenvalue weighted by Crippen LogP contribution is 1.91. The lowest BCUT2D eigenvalue weighted by Gasteiger charge is -2.28. The molecule has 0 amide bonds. The molecule has 0 aliphatic carbocycles. The number of nitrogens with one attached hydrogen (secondary N) is 2. The summed E-state index contributed by atoms with van der Waals surface area (Å²) in [6.45, 7) is 1.79. The first kappa shape index (κ1) is 9.21. The van der Waals surface area contributed by atoms with Gasteiger partial charge in [-0.2, -0.15) is 0 Å². The van der Waals surface area contributed by atoms with Crippen LogP contribution in [0, 0.1) is 0 Å². The highest BCUT2D eigenvalue weighted by molar-refractivity contribution is 7.80. The molecule has 0 unspecified atom stereocenters. The highest BCUT2D eigenvalue weighted by atomic mass is 32.1. The van der Waals surface area contributed by atoms with Crippen LogP contribution >= 0.6 is 12.2 Å². The second-order valence-electron chi connectivity index (χ2n) is 2.54. The van der Waals surface area contributed by atoms with Gasteiger partial charge in [0, 0.05) is 6.54 Å². The van der Waals surface area contributed by atoms with Gasteiger partial charge in [-0.3, -0.25) is 9.69 Å². The third-order valence-corrected chi connectivity index (χ3v) is 1.86. The van der Waals surface area contributed by atoms with Crippen LogP contribution in [0.5, 0.6) is 0 Å². The van der Waals surface area contributed by atoms with Crippen LogP contribution in [0.25, 0.3) is 0 Å². The minimum absolute atomic E-state index is 0.163. The fourth-order valence-electron chi connectivity index (χ4n) is 0.897. The van der Waals surface area contributed by atoms with E-state index >= 15 is 0 Å². The van der Waals surface area contributed by atoms with Crippen molar-refractivity contribution in [3.05, 3.63) is 0 Å². The molecule has 0 aromatic heterocycles. The van der Waals surface area contributed by atoms with E-state index in [1.165, 1.54) is 0 Å². The van der Waals surface area contributed by atoms with E-state index in [2.05, 4.69) is 10.6 Å². The predicted molar refractivity (Wildman–Crippen MR) is 47.6 cm³/mol. The lowest BCUT2D eigenvalue weighted by molar-refractivity contribution is -0.137. The minimum Gasteiger partial charge on any atom is -0.481 e. The van der Waals surface area contributed by atoms with Gasteiger partial charge in [0.25, 0.3) is 0 Å². The SMILES string of the molecule is O=C(O)CCN1CNC(=S)NC1. The minimum atomic E-state index is -0.775. The number of hydrogen-bond donors (Lipinski definition) is 3. The molecule has 1 rings (SSSR count). The van der Waals surface area contributed by atoms with Gasteiger partial charge >= 0.3 is 5.97 Å². The van der Waals surface area contributed by atoms with Gasteiger partial charge in [-0.05, 0) is 12.2 Å². The quantitative estimate of drug-likeness (QED) is 0.503. The topological polar surface area (TPSA) is 64.6 Å². The summed E-state index contributed by atoms with van der Waals surface area (Å²) in [4.78, 5) is 12.1. The van der Waals surface area contributed by atoms with Crippen LogP contribution in [0.2, 0.25) is 0 Å². The molecule has 0 bridgehead atoms.